The van der Waals surface area contributed by atoms with Gasteiger partial charge in [-0.15, -0.1) is 0 Å². The number of hydrogen-bond donors (Lipinski definition) is 2. The molecule has 1 saturated heterocycles. The molecule has 110 valence electrons. The van der Waals surface area contributed by atoms with Gasteiger partial charge in [0.15, 0.2) is 5.78 Å². The molecule has 1 aromatic carbocycles. The highest BCUT2D eigenvalue weighted by molar-refractivity contribution is 6.00. The van der Waals surface area contributed by atoms with Gasteiger partial charge in [0.2, 0.25) is 0 Å². The van der Waals surface area contributed by atoms with Gasteiger partial charge < -0.3 is 16.0 Å². The number of anilines is 2. The highest BCUT2D eigenvalue weighted by atomic mass is 16.1. The molecule has 1 aromatic rings. The van der Waals surface area contributed by atoms with E-state index >= 15 is 0 Å². The maximum Gasteiger partial charge on any atom is 0.161 e. The quantitative estimate of drug-likeness (QED) is 0.655. The summed E-state index contributed by atoms with van der Waals surface area (Å²) in [6, 6.07) is 5.60. The Morgan fingerprint density at radius 3 is 2.65 bits per heavy atom. The average molecular weight is 275 g/mol. The van der Waals surface area contributed by atoms with Crippen molar-refractivity contribution in [1.82, 2.24) is 4.90 Å². The SMILES string of the molecule is CC(=O)c1cc(NCC2(C)CCN(C)CC2)ccc1N. The van der Waals surface area contributed by atoms with Crippen LogP contribution < -0.4 is 11.1 Å². The van der Waals surface area contributed by atoms with Crippen molar-refractivity contribution < 1.29 is 4.79 Å². The first kappa shape index (κ1) is 14.9. The molecule has 4 nitrogen and oxygen atoms in total. The Balaban J connectivity index is 2.00. The highest BCUT2D eigenvalue weighted by Gasteiger charge is 2.28. The molecule has 3 N–H and O–H groups in total. The van der Waals surface area contributed by atoms with Crippen LogP contribution in [0.1, 0.15) is 37.0 Å². The fourth-order valence-electron chi connectivity index (χ4n) is 2.62. The fourth-order valence-corrected chi connectivity index (χ4v) is 2.62. The minimum Gasteiger partial charge on any atom is -0.398 e. The molecule has 1 fully saturated rings. The van der Waals surface area contributed by atoms with Crippen LogP contribution in [-0.4, -0.2) is 37.4 Å². The highest BCUT2D eigenvalue weighted by Crippen LogP contribution is 2.31. The maximum absolute atomic E-state index is 11.5. The Kier molecular flexibility index (Phi) is 4.33. The lowest BCUT2D eigenvalue weighted by Crippen LogP contribution is -2.40. The van der Waals surface area contributed by atoms with E-state index in [1.807, 2.05) is 12.1 Å². The summed E-state index contributed by atoms with van der Waals surface area (Å²) in [6.07, 6.45) is 2.40. The van der Waals surface area contributed by atoms with Crippen molar-refractivity contribution in [2.24, 2.45) is 5.41 Å². The summed E-state index contributed by atoms with van der Waals surface area (Å²) >= 11 is 0. The van der Waals surface area contributed by atoms with E-state index in [0.29, 0.717) is 16.7 Å². The molecule has 1 heterocycles. The zero-order chi connectivity index (χ0) is 14.8. The summed E-state index contributed by atoms with van der Waals surface area (Å²) in [4.78, 5) is 13.9. The van der Waals surface area contributed by atoms with E-state index in [1.165, 1.54) is 12.8 Å². The van der Waals surface area contributed by atoms with E-state index in [2.05, 4.69) is 24.2 Å². The number of nitrogens with one attached hydrogen (secondary N) is 1. The van der Waals surface area contributed by atoms with Gasteiger partial charge in [0.1, 0.15) is 0 Å². The number of nitrogen functional groups attached to an aromatic ring is 1. The number of ketones is 1. The molecule has 0 radical (unpaired) electrons. The van der Waals surface area contributed by atoms with Crippen LogP contribution in [0.2, 0.25) is 0 Å². The Morgan fingerprint density at radius 1 is 1.40 bits per heavy atom. The summed E-state index contributed by atoms with van der Waals surface area (Å²) in [5, 5.41) is 3.47. The molecule has 0 saturated carbocycles. The molecule has 1 aliphatic rings. The van der Waals surface area contributed by atoms with E-state index in [1.54, 1.807) is 13.0 Å². The first-order valence-corrected chi connectivity index (χ1v) is 7.22. The van der Waals surface area contributed by atoms with Gasteiger partial charge in [-0.3, -0.25) is 4.79 Å². The molecular weight excluding hydrogens is 250 g/mol. The molecule has 0 amide bonds. The van der Waals surface area contributed by atoms with Crippen LogP contribution in [0.25, 0.3) is 0 Å². The molecule has 20 heavy (non-hydrogen) atoms. The Morgan fingerprint density at radius 2 is 2.05 bits per heavy atom. The number of likely N-dealkylation sites (tertiary alicyclic amines) is 1. The van der Waals surface area contributed by atoms with Crippen molar-refractivity contribution in [3.05, 3.63) is 23.8 Å². The third kappa shape index (κ3) is 3.51. The number of carbonyl (C=O) groups excluding carboxylic acids is 1. The molecule has 2 rings (SSSR count). The van der Waals surface area contributed by atoms with E-state index in [-0.39, 0.29) is 5.78 Å². The lowest BCUT2D eigenvalue weighted by atomic mass is 9.80. The summed E-state index contributed by atoms with van der Waals surface area (Å²) in [5.74, 6) is 0.0108. The van der Waals surface area contributed by atoms with Crippen LogP contribution >= 0.6 is 0 Å². The number of Topliss-reactive ketones (excluding diaryl/α,β-unsaturated/α-hetero) is 1. The minimum absolute atomic E-state index is 0.0108. The fraction of sp³-hybridized carbons (Fsp3) is 0.562. The predicted octanol–water partition coefficient (Wildman–Crippen LogP) is 2.62. The first-order valence-electron chi connectivity index (χ1n) is 7.22. The smallest absolute Gasteiger partial charge is 0.161 e. The summed E-state index contributed by atoms with van der Waals surface area (Å²) < 4.78 is 0. The van der Waals surface area contributed by atoms with Gasteiger partial charge >= 0.3 is 0 Å². The van der Waals surface area contributed by atoms with Crippen LogP contribution in [0.4, 0.5) is 11.4 Å². The Hall–Kier alpha value is -1.55. The van der Waals surface area contributed by atoms with E-state index in [9.17, 15) is 4.79 Å². The van der Waals surface area contributed by atoms with Gasteiger partial charge in [0.05, 0.1) is 0 Å². The van der Waals surface area contributed by atoms with E-state index < -0.39 is 0 Å². The third-order valence-corrected chi connectivity index (χ3v) is 4.35. The van der Waals surface area contributed by atoms with Gasteiger partial charge in [-0.1, -0.05) is 6.92 Å². The van der Waals surface area contributed by atoms with Gasteiger partial charge in [-0.25, -0.2) is 0 Å². The Bertz CT molecular complexity index is 490. The van der Waals surface area contributed by atoms with Crippen LogP contribution in [0.15, 0.2) is 18.2 Å². The topological polar surface area (TPSA) is 58.4 Å². The molecule has 0 aliphatic carbocycles. The maximum atomic E-state index is 11.5. The molecule has 0 spiro atoms. The van der Waals surface area contributed by atoms with E-state index in [0.717, 1.165) is 25.3 Å². The number of piperidine rings is 1. The van der Waals surface area contributed by atoms with Gasteiger partial charge in [0, 0.05) is 23.5 Å². The number of hydrogen-bond acceptors (Lipinski definition) is 4. The van der Waals surface area contributed by atoms with Crippen molar-refractivity contribution in [1.29, 1.82) is 0 Å². The van der Waals surface area contributed by atoms with Gasteiger partial charge in [-0.2, -0.15) is 0 Å². The predicted molar refractivity (Wildman–Crippen MR) is 84.2 cm³/mol. The number of nitrogens with two attached hydrogens (primary N) is 1. The van der Waals surface area contributed by atoms with Crippen LogP contribution in [0.5, 0.6) is 0 Å². The van der Waals surface area contributed by atoms with Crippen LogP contribution in [0.3, 0.4) is 0 Å². The van der Waals surface area contributed by atoms with Crippen molar-refractivity contribution in [3.8, 4) is 0 Å². The zero-order valence-electron chi connectivity index (χ0n) is 12.7. The summed E-state index contributed by atoms with van der Waals surface area (Å²) in [7, 11) is 2.17. The van der Waals surface area contributed by atoms with Crippen molar-refractivity contribution in [3.63, 3.8) is 0 Å². The molecule has 0 unspecified atom stereocenters. The molecule has 0 atom stereocenters. The number of rotatable bonds is 4. The second-order valence-corrected chi connectivity index (χ2v) is 6.33. The number of benzene rings is 1. The lowest BCUT2D eigenvalue weighted by Gasteiger charge is -2.38. The second kappa shape index (κ2) is 5.83. The van der Waals surface area contributed by atoms with Crippen LogP contribution in [0, 0.1) is 5.41 Å². The number of nitrogens with zero attached hydrogens (tertiary/aromatic N) is 1. The average Bonchev–Trinajstić information content (AvgIpc) is 2.41. The molecule has 1 aliphatic heterocycles. The lowest BCUT2D eigenvalue weighted by molar-refractivity contribution is 0.101. The van der Waals surface area contributed by atoms with Crippen LogP contribution in [-0.2, 0) is 0 Å². The third-order valence-electron chi connectivity index (χ3n) is 4.35. The monoisotopic (exact) mass is 275 g/mol. The summed E-state index contributed by atoms with van der Waals surface area (Å²) in [5.41, 5.74) is 8.27. The van der Waals surface area contributed by atoms with Gasteiger partial charge in [-0.05, 0) is 63.5 Å². The molecule has 4 heteroatoms. The Labute approximate surface area is 121 Å². The summed E-state index contributed by atoms with van der Waals surface area (Å²) in [6.45, 7) is 7.11. The molecule has 0 bridgehead atoms. The normalized spacial score (nSPS) is 18.8. The zero-order valence-corrected chi connectivity index (χ0v) is 12.7. The van der Waals surface area contributed by atoms with Crippen molar-refractivity contribution >= 4 is 17.2 Å². The first-order chi connectivity index (χ1) is 9.39. The van der Waals surface area contributed by atoms with Crippen molar-refractivity contribution in [2.45, 2.75) is 26.7 Å². The standard InChI is InChI=1S/C16H25N3O/c1-12(20)14-10-13(4-5-15(14)17)18-11-16(2)6-8-19(3)9-7-16/h4-5,10,18H,6-9,11,17H2,1-3H3. The molecular formula is C16H25N3O. The van der Waals surface area contributed by atoms with Crippen molar-refractivity contribution in [2.75, 3.05) is 37.7 Å². The van der Waals surface area contributed by atoms with Gasteiger partial charge in [0.25, 0.3) is 0 Å². The number of carbonyl (C=O) groups is 1. The largest absolute Gasteiger partial charge is 0.398 e. The van der Waals surface area contributed by atoms with E-state index in [4.69, 9.17) is 5.73 Å². The minimum atomic E-state index is 0.0108. The molecule has 0 aromatic heterocycles. The second-order valence-electron chi connectivity index (χ2n) is 6.33.